The fraction of sp³-hybridized carbons (Fsp3) is 0.452. The zero-order valence-electron chi connectivity index (χ0n) is 21.1. The average molecular weight is 497 g/mol. The van der Waals surface area contributed by atoms with Crippen LogP contribution < -0.4 is 5.32 Å². The van der Waals surface area contributed by atoms with E-state index in [1.807, 2.05) is 24.4 Å². The Morgan fingerprint density at radius 2 is 1.70 bits per heavy atom. The van der Waals surface area contributed by atoms with Crippen molar-refractivity contribution in [1.29, 1.82) is 0 Å². The Morgan fingerprint density at radius 1 is 0.919 bits per heavy atom. The molecule has 6 heteroatoms. The normalized spacial score (nSPS) is 23.2. The van der Waals surface area contributed by atoms with Crippen LogP contribution in [0.3, 0.4) is 0 Å². The minimum Gasteiger partial charge on any atom is -0.349 e. The highest BCUT2D eigenvalue weighted by Gasteiger charge is 2.41. The molecule has 0 radical (unpaired) electrons. The van der Waals surface area contributed by atoms with E-state index in [1.54, 1.807) is 12.1 Å². The van der Waals surface area contributed by atoms with Gasteiger partial charge in [-0.05, 0) is 124 Å². The van der Waals surface area contributed by atoms with Crippen LogP contribution >= 0.6 is 0 Å². The van der Waals surface area contributed by atoms with Gasteiger partial charge in [0.15, 0.2) is 0 Å². The number of aromatic amines is 1. The first kappa shape index (κ1) is 22.9. The number of imidazole rings is 1. The van der Waals surface area contributed by atoms with Crippen molar-refractivity contribution in [3.05, 3.63) is 71.4 Å². The predicted molar refractivity (Wildman–Crippen MR) is 143 cm³/mol. The van der Waals surface area contributed by atoms with Crippen LogP contribution in [0.4, 0.5) is 4.39 Å². The molecule has 5 nitrogen and oxygen atoms in total. The van der Waals surface area contributed by atoms with Crippen LogP contribution in [0.15, 0.2) is 48.7 Å². The number of hydrogen-bond donors (Lipinski definition) is 2. The van der Waals surface area contributed by atoms with Crippen molar-refractivity contribution in [3.8, 4) is 0 Å². The first-order valence-corrected chi connectivity index (χ1v) is 14.0. The van der Waals surface area contributed by atoms with Gasteiger partial charge in [0, 0.05) is 29.1 Å². The van der Waals surface area contributed by atoms with Crippen molar-refractivity contribution in [2.75, 3.05) is 0 Å². The molecule has 4 aromatic rings. The molecule has 3 saturated carbocycles. The largest absolute Gasteiger partial charge is 0.349 e. The second kappa shape index (κ2) is 9.23. The first-order valence-electron chi connectivity index (χ1n) is 14.0. The maximum atomic E-state index is 14.0. The maximum Gasteiger partial charge on any atom is 0.251 e. The van der Waals surface area contributed by atoms with Crippen molar-refractivity contribution in [3.63, 3.8) is 0 Å². The zero-order valence-corrected chi connectivity index (χ0v) is 21.1. The Hall–Kier alpha value is -3.28. The third-order valence-electron chi connectivity index (χ3n) is 9.11. The second-order valence-electron chi connectivity index (χ2n) is 11.5. The van der Waals surface area contributed by atoms with Crippen LogP contribution in [0.1, 0.15) is 91.4 Å². The summed E-state index contributed by atoms with van der Waals surface area (Å²) in [6, 6.07) is 13.2. The van der Waals surface area contributed by atoms with E-state index in [0.717, 1.165) is 66.3 Å². The van der Waals surface area contributed by atoms with Crippen LogP contribution in [-0.2, 0) is 0 Å². The van der Waals surface area contributed by atoms with Crippen molar-refractivity contribution in [2.45, 2.75) is 75.7 Å². The van der Waals surface area contributed by atoms with E-state index in [2.05, 4.69) is 21.4 Å². The smallest absolute Gasteiger partial charge is 0.251 e. The molecule has 0 bridgehead atoms. The summed E-state index contributed by atoms with van der Waals surface area (Å²) in [6.07, 6.45) is 12.3. The number of amides is 1. The summed E-state index contributed by atoms with van der Waals surface area (Å²) < 4.78 is 14.0. The van der Waals surface area contributed by atoms with E-state index in [-0.39, 0.29) is 11.7 Å². The molecule has 37 heavy (non-hydrogen) atoms. The van der Waals surface area contributed by atoms with Gasteiger partial charge in [0.05, 0.1) is 16.6 Å². The number of H-pyrrole nitrogens is 1. The van der Waals surface area contributed by atoms with Crippen molar-refractivity contribution < 1.29 is 9.18 Å². The minimum atomic E-state index is -0.196. The third kappa shape index (κ3) is 4.41. The van der Waals surface area contributed by atoms with Crippen LogP contribution in [0.25, 0.3) is 21.9 Å². The quantitative estimate of drug-likeness (QED) is 0.302. The number of fused-ring (bicyclic) bond motifs is 2. The highest BCUT2D eigenvalue weighted by atomic mass is 19.1. The van der Waals surface area contributed by atoms with Gasteiger partial charge in [-0.1, -0.05) is 0 Å². The molecule has 3 aliphatic carbocycles. The summed E-state index contributed by atoms with van der Waals surface area (Å²) in [7, 11) is 0. The molecule has 3 fully saturated rings. The van der Waals surface area contributed by atoms with E-state index in [9.17, 15) is 9.18 Å². The van der Waals surface area contributed by atoms with Crippen LogP contribution in [0, 0.1) is 17.7 Å². The van der Waals surface area contributed by atoms with Crippen molar-refractivity contribution in [1.82, 2.24) is 20.3 Å². The van der Waals surface area contributed by atoms with Crippen LogP contribution in [0.2, 0.25) is 0 Å². The molecular weight excluding hydrogens is 463 g/mol. The van der Waals surface area contributed by atoms with E-state index in [1.165, 1.54) is 30.9 Å². The molecule has 2 aromatic carbocycles. The highest BCUT2D eigenvalue weighted by Crippen LogP contribution is 2.52. The Labute approximate surface area is 216 Å². The summed E-state index contributed by atoms with van der Waals surface area (Å²) in [5, 5.41) is 4.09. The number of halogens is 1. The van der Waals surface area contributed by atoms with E-state index >= 15 is 0 Å². The van der Waals surface area contributed by atoms with Crippen molar-refractivity contribution in [2.24, 2.45) is 11.8 Å². The molecule has 2 N–H and O–H groups in total. The number of aromatic nitrogens is 3. The third-order valence-corrected chi connectivity index (χ3v) is 9.11. The number of hydrogen-bond acceptors (Lipinski definition) is 3. The van der Waals surface area contributed by atoms with E-state index < -0.39 is 0 Å². The predicted octanol–water partition coefficient (Wildman–Crippen LogP) is 7.00. The number of carbonyl (C=O) groups is 1. The van der Waals surface area contributed by atoms with Crippen molar-refractivity contribution >= 4 is 27.8 Å². The van der Waals surface area contributed by atoms with Crippen LogP contribution in [-0.4, -0.2) is 26.9 Å². The Kier molecular flexibility index (Phi) is 5.71. The Bertz CT molecular complexity index is 1460. The lowest BCUT2D eigenvalue weighted by Gasteiger charge is -2.34. The average Bonchev–Trinajstić information content (AvgIpc) is 3.63. The molecule has 1 atom stereocenters. The second-order valence-corrected chi connectivity index (χ2v) is 11.5. The van der Waals surface area contributed by atoms with Gasteiger partial charge in [0.25, 0.3) is 5.91 Å². The Balaban J connectivity index is 1.10. The topological polar surface area (TPSA) is 70.7 Å². The summed E-state index contributed by atoms with van der Waals surface area (Å²) >= 11 is 0. The maximum absolute atomic E-state index is 14.0. The number of pyridine rings is 1. The number of rotatable bonds is 6. The molecule has 7 rings (SSSR count). The molecule has 3 aliphatic rings. The van der Waals surface area contributed by atoms with E-state index in [4.69, 9.17) is 4.98 Å². The molecule has 0 saturated heterocycles. The summed E-state index contributed by atoms with van der Waals surface area (Å²) in [5.41, 5.74) is 4.71. The summed E-state index contributed by atoms with van der Waals surface area (Å²) in [4.78, 5) is 25.8. The molecular formula is C31H33FN4O. The van der Waals surface area contributed by atoms with Gasteiger partial charge in [0.1, 0.15) is 11.6 Å². The molecule has 0 spiro atoms. The highest BCUT2D eigenvalue weighted by molar-refractivity contribution is 5.97. The SMILES string of the molecule is O=C(NC1CCC1)c1ccc2[nH]c([C@H](C3CC3)[C@H]3CC[C@@H](c4ccnc5ccc(F)cc54)CC3)nc2c1. The van der Waals surface area contributed by atoms with Gasteiger partial charge in [-0.2, -0.15) is 0 Å². The van der Waals surface area contributed by atoms with Gasteiger partial charge in [0.2, 0.25) is 0 Å². The molecule has 2 heterocycles. The van der Waals surface area contributed by atoms with Gasteiger partial charge in [-0.25, -0.2) is 9.37 Å². The first-order chi connectivity index (χ1) is 18.1. The number of benzene rings is 2. The lowest BCUT2D eigenvalue weighted by Crippen LogP contribution is -2.39. The number of nitrogens with one attached hydrogen (secondary N) is 2. The van der Waals surface area contributed by atoms with Gasteiger partial charge >= 0.3 is 0 Å². The Morgan fingerprint density at radius 3 is 2.43 bits per heavy atom. The van der Waals surface area contributed by atoms with E-state index in [0.29, 0.717) is 35.3 Å². The molecule has 0 unspecified atom stereocenters. The van der Waals surface area contributed by atoms with Gasteiger partial charge in [-0.15, -0.1) is 0 Å². The van der Waals surface area contributed by atoms with Gasteiger partial charge < -0.3 is 10.3 Å². The lowest BCUT2D eigenvalue weighted by atomic mass is 9.72. The molecule has 1 amide bonds. The lowest BCUT2D eigenvalue weighted by molar-refractivity contribution is 0.0917. The zero-order chi connectivity index (χ0) is 24.9. The fourth-order valence-corrected chi connectivity index (χ4v) is 6.72. The fourth-order valence-electron chi connectivity index (χ4n) is 6.72. The molecule has 190 valence electrons. The molecule has 0 aliphatic heterocycles. The standard InChI is InChI=1S/C31H33FN4O/c32-22-11-13-26-25(17-22)24(14-15-33-26)18-4-6-19(7-5-18)29(20-8-9-20)30-35-27-12-10-21(16-28(27)36-30)31(37)34-23-2-1-3-23/h10-20,23,29H,1-9H2,(H,34,37)(H,35,36)/t18-,19+,29-/m0/s1. The number of nitrogens with zero attached hydrogens (tertiary/aromatic N) is 2. The number of carbonyl (C=O) groups excluding carboxylic acids is 1. The van der Waals surface area contributed by atoms with Crippen LogP contribution in [0.5, 0.6) is 0 Å². The summed E-state index contributed by atoms with van der Waals surface area (Å²) in [5.74, 6) is 3.07. The molecule has 2 aromatic heterocycles. The van der Waals surface area contributed by atoms with Gasteiger partial charge in [-0.3, -0.25) is 9.78 Å². The monoisotopic (exact) mass is 496 g/mol. The minimum absolute atomic E-state index is 0.0109. The summed E-state index contributed by atoms with van der Waals surface area (Å²) in [6.45, 7) is 0.